The van der Waals surface area contributed by atoms with E-state index < -0.39 is 5.67 Å². The molecule has 0 unspecified atom stereocenters. The summed E-state index contributed by atoms with van der Waals surface area (Å²) in [6.45, 7) is 2.78. The van der Waals surface area contributed by atoms with Gasteiger partial charge in [0.2, 0.25) is 0 Å². The van der Waals surface area contributed by atoms with Gasteiger partial charge >= 0.3 is 0 Å². The number of nitrogens with one attached hydrogen (secondary N) is 1. The zero-order valence-electron chi connectivity index (χ0n) is 7.49. The molecule has 0 heterocycles. The molecule has 0 amide bonds. The molecule has 0 atom stereocenters. The van der Waals surface area contributed by atoms with Crippen LogP contribution in [0.3, 0.4) is 0 Å². The summed E-state index contributed by atoms with van der Waals surface area (Å²) in [6.07, 6.45) is 3.60. The summed E-state index contributed by atoms with van der Waals surface area (Å²) >= 11 is 0. The number of rotatable bonds is 2. The Balaban J connectivity index is 2.25. The van der Waals surface area contributed by atoms with Crippen LogP contribution in [0.25, 0.3) is 0 Å². The summed E-state index contributed by atoms with van der Waals surface area (Å²) in [6, 6.07) is 0. The van der Waals surface area contributed by atoms with Crippen molar-refractivity contribution in [2.45, 2.75) is 38.3 Å². The van der Waals surface area contributed by atoms with E-state index in [1.165, 1.54) is 0 Å². The fraction of sp³-hybridized carbons (Fsp3) is 1.00. The van der Waals surface area contributed by atoms with E-state index in [9.17, 15) is 4.39 Å². The Kier molecular flexibility index (Phi) is 2.88. The lowest BCUT2D eigenvalue weighted by atomic mass is 9.81. The quantitative estimate of drug-likeness (QED) is 0.650. The van der Waals surface area contributed by atoms with Gasteiger partial charge < -0.3 is 5.32 Å². The second-order valence-electron chi connectivity index (χ2n) is 3.91. The lowest BCUT2D eigenvalue weighted by molar-refractivity contribution is 0.103. The molecular formula is C9H18FN. The van der Waals surface area contributed by atoms with Gasteiger partial charge in [-0.15, -0.1) is 0 Å². The first-order chi connectivity index (χ1) is 5.14. The van der Waals surface area contributed by atoms with Gasteiger partial charge in [-0.3, -0.25) is 0 Å². The van der Waals surface area contributed by atoms with Crippen LogP contribution < -0.4 is 5.32 Å². The van der Waals surface area contributed by atoms with E-state index in [1.807, 2.05) is 7.05 Å². The van der Waals surface area contributed by atoms with E-state index >= 15 is 0 Å². The summed E-state index contributed by atoms with van der Waals surface area (Å²) in [5.41, 5.74) is -0.871. The Morgan fingerprint density at radius 1 is 1.45 bits per heavy atom. The normalized spacial score (nSPS) is 39.0. The van der Waals surface area contributed by atoms with Gasteiger partial charge in [0.1, 0.15) is 5.67 Å². The first-order valence-electron chi connectivity index (χ1n) is 4.47. The van der Waals surface area contributed by atoms with Gasteiger partial charge in [-0.2, -0.15) is 0 Å². The van der Waals surface area contributed by atoms with Crippen molar-refractivity contribution >= 4 is 0 Å². The largest absolute Gasteiger partial charge is 0.319 e. The molecule has 1 N–H and O–H groups in total. The maximum Gasteiger partial charge on any atom is 0.108 e. The van der Waals surface area contributed by atoms with Gasteiger partial charge in [0.05, 0.1) is 0 Å². The maximum atomic E-state index is 13.3. The predicted octanol–water partition coefficient (Wildman–Crippen LogP) is 2.12. The molecule has 0 aromatic rings. The summed E-state index contributed by atoms with van der Waals surface area (Å²) in [7, 11) is 1.96. The Morgan fingerprint density at radius 3 is 2.45 bits per heavy atom. The lowest BCUT2D eigenvalue weighted by Gasteiger charge is -2.30. The molecule has 1 nitrogen and oxygen atoms in total. The molecule has 0 aliphatic heterocycles. The Labute approximate surface area is 68.4 Å². The van der Waals surface area contributed by atoms with E-state index in [1.54, 1.807) is 6.92 Å². The minimum Gasteiger partial charge on any atom is -0.319 e. The van der Waals surface area contributed by atoms with Crippen molar-refractivity contribution in [2.24, 2.45) is 5.92 Å². The Bertz CT molecular complexity index is 113. The minimum absolute atomic E-state index is 0.712. The third-order valence-electron chi connectivity index (χ3n) is 2.64. The molecule has 0 aromatic carbocycles. The highest BCUT2D eigenvalue weighted by atomic mass is 19.1. The van der Waals surface area contributed by atoms with Crippen LogP contribution in [0.2, 0.25) is 0 Å². The highest BCUT2D eigenvalue weighted by Crippen LogP contribution is 2.34. The summed E-state index contributed by atoms with van der Waals surface area (Å²) in [5, 5.41) is 3.14. The van der Waals surface area contributed by atoms with Crippen LogP contribution in [0.1, 0.15) is 32.6 Å². The van der Waals surface area contributed by atoms with E-state index in [4.69, 9.17) is 0 Å². The summed E-state index contributed by atoms with van der Waals surface area (Å²) in [4.78, 5) is 0. The average Bonchev–Trinajstić information content (AvgIpc) is 1.94. The molecule has 2 heteroatoms. The van der Waals surface area contributed by atoms with Gasteiger partial charge in [-0.05, 0) is 52.1 Å². The van der Waals surface area contributed by atoms with E-state index in [-0.39, 0.29) is 0 Å². The van der Waals surface area contributed by atoms with Gasteiger partial charge in [0.25, 0.3) is 0 Å². The molecule has 1 aliphatic carbocycles. The number of hydrogen-bond acceptors (Lipinski definition) is 1. The second-order valence-corrected chi connectivity index (χ2v) is 3.91. The van der Waals surface area contributed by atoms with Gasteiger partial charge in [-0.25, -0.2) is 4.39 Å². The van der Waals surface area contributed by atoms with Crippen molar-refractivity contribution in [2.75, 3.05) is 13.6 Å². The monoisotopic (exact) mass is 159 g/mol. The molecule has 1 fully saturated rings. The molecule has 0 bridgehead atoms. The van der Waals surface area contributed by atoms with Crippen molar-refractivity contribution < 1.29 is 4.39 Å². The van der Waals surface area contributed by atoms with E-state index in [2.05, 4.69) is 5.32 Å². The number of alkyl halides is 1. The van der Waals surface area contributed by atoms with E-state index in [0.717, 1.165) is 32.2 Å². The second kappa shape index (κ2) is 3.53. The zero-order chi connectivity index (χ0) is 8.32. The molecule has 0 aromatic heterocycles. The standard InChI is InChI=1S/C9H18FN/c1-9(10)5-3-8(4-6-9)7-11-2/h8,11H,3-7H2,1-2H3. The zero-order valence-corrected chi connectivity index (χ0v) is 7.49. The smallest absolute Gasteiger partial charge is 0.108 e. The molecule has 1 rings (SSSR count). The molecule has 1 aliphatic rings. The van der Waals surface area contributed by atoms with Crippen molar-refractivity contribution in [1.82, 2.24) is 5.32 Å². The molecular weight excluding hydrogens is 141 g/mol. The number of hydrogen-bond donors (Lipinski definition) is 1. The highest BCUT2D eigenvalue weighted by molar-refractivity contribution is 4.82. The molecule has 0 saturated heterocycles. The summed E-state index contributed by atoms with van der Waals surface area (Å²) < 4.78 is 13.3. The Morgan fingerprint density at radius 2 is 2.00 bits per heavy atom. The van der Waals surface area contributed by atoms with Crippen LogP contribution in [-0.2, 0) is 0 Å². The van der Waals surface area contributed by atoms with Crippen LogP contribution in [0, 0.1) is 5.92 Å². The summed E-state index contributed by atoms with van der Waals surface area (Å²) in [5.74, 6) is 0.712. The Hall–Kier alpha value is -0.110. The van der Waals surface area contributed by atoms with Crippen molar-refractivity contribution in [3.05, 3.63) is 0 Å². The van der Waals surface area contributed by atoms with Crippen LogP contribution in [0.4, 0.5) is 4.39 Å². The third-order valence-corrected chi connectivity index (χ3v) is 2.64. The fourth-order valence-electron chi connectivity index (χ4n) is 1.77. The van der Waals surface area contributed by atoms with Crippen LogP contribution in [-0.4, -0.2) is 19.3 Å². The SMILES string of the molecule is CNCC1CCC(C)(F)CC1. The molecule has 1 saturated carbocycles. The highest BCUT2D eigenvalue weighted by Gasteiger charge is 2.29. The van der Waals surface area contributed by atoms with Gasteiger partial charge in [0, 0.05) is 0 Å². The minimum atomic E-state index is -0.871. The molecule has 0 radical (unpaired) electrons. The van der Waals surface area contributed by atoms with E-state index in [0.29, 0.717) is 5.92 Å². The first-order valence-corrected chi connectivity index (χ1v) is 4.47. The predicted molar refractivity (Wildman–Crippen MR) is 45.4 cm³/mol. The molecule has 11 heavy (non-hydrogen) atoms. The molecule has 66 valence electrons. The average molecular weight is 159 g/mol. The fourth-order valence-corrected chi connectivity index (χ4v) is 1.77. The van der Waals surface area contributed by atoms with Gasteiger partial charge in [0.15, 0.2) is 0 Å². The third kappa shape index (κ3) is 2.78. The van der Waals surface area contributed by atoms with Crippen molar-refractivity contribution in [3.63, 3.8) is 0 Å². The maximum absolute atomic E-state index is 13.3. The topological polar surface area (TPSA) is 12.0 Å². The first kappa shape index (κ1) is 8.98. The lowest BCUT2D eigenvalue weighted by Crippen LogP contribution is -2.30. The molecule has 0 spiro atoms. The van der Waals surface area contributed by atoms with Crippen molar-refractivity contribution in [1.29, 1.82) is 0 Å². The van der Waals surface area contributed by atoms with Crippen LogP contribution in [0.5, 0.6) is 0 Å². The van der Waals surface area contributed by atoms with Crippen LogP contribution in [0.15, 0.2) is 0 Å². The van der Waals surface area contributed by atoms with Crippen molar-refractivity contribution in [3.8, 4) is 0 Å². The number of halogens is 1. The van der Waals surface area contributed by atoms with Gasteiger partial charge in [-0.1, -0.05) is 0 Å². The van der Waals surface area contributed by atoms with Crippen LogP contribution >= 0.6 is 0 Å².